The maximum absolute atomic E-state index is 15.8. The lowest BCUT2D eigenvalue weighted by Gasteiger charge is -2.25. The third-order valence-corrected chi connectivity index (χ3v) is 8.93. The number of benzene rings is 2. The Hall–Kier alpha value is -3.64. The molecule has 0 saturated heterocycles. The van der Waals surface area contributed by atoms with Gasteiger partial charge in [0.05, 0.1) is 45.8 Å². The number of halogens is 2. The lowest BCUT2D eigenvalue weighted by Crippen LogP contribution is -2.47. The number of Topliss-reactive ketones (excluding diaryl/α,β-unsaturated/α-hetero) is 1. The van der Waals surface area contributed by atoms with E-state index < -0.39 is 67.4 Å². The van der Waals surface area contributed by atoms with Gasteiger partial charge in [0.15, 0.2) is 40.4 Å². The second-order valence-electron chi connectivity index (χ2n) is 11.1. The summed E-state index contributed by atoms with van der Waals surface area (Å²) < 4.78 is 58.2. The fourth-order valence-corrected chi connectivity index (χ4v) is 6.38. The van der Waals surface area contributed by atoms with Crippen LogP contribution in [0.25, 0.3) is 10.1 Å². The van der Waals surface area contributed by atoms with Crippen molar-refractivity contribution in [3.05, 3.63) is 45.3 Å². The zero-order chi connectivity index (χ0) is 35.1. The van der Waals surface area contributed by atoms with Crippen LogP contribution in [0.15, 0.2) is 12.1 Å². The highest BCUT2D eigenvalue weighted by molar-refractivity contribution is 7.21. The van der Waals surface area contributed by atoms with Crippen LogP contribution in [0.1, 0.15) is 45.6 Å². The van der Waals surface area contributed by atoms with E-state index in [-0.39, 0.29) is 59.3 Å². The van der Waals surface area contributed by atoms with E-state index in [0.717, 1.165) is 16.9 Å². The standard InChI is InChI=1S/C32H39F2NO12S/c1-15-9-22-24(26(34)29(15)45-7-4-8-46-30-21(43-2)10-16-11-35-12-17(16)25(30)33)31(44-3)32(48-22)18(37)5-6-23(40)47-14-20(39)28(42)27(41)19(38)13-36/h9-10,19-20,27-28,35-36,38-39,41-42H,4-8,11-14H2,1-3H3/t19-,20-,27-,28-/m1/s1. The molecule has 0 fully saturated rings. The Morgan fingerprint density at radius 3 is 2.27 bits per heavy atom. The van der Waals surface area contributed by atoms with Crippen LogP contribution in [0, 0.1) is 18.6 Å². The molecule has 2 heterocycles. The summed E-state index contributed by atoms with van der Waals surface area (Å²) in [5.41, 5.74) is 1.80. The second kappa shape index (κ2) is 16.6. The number of rotatable bonds is 18. The smallest absolute Gasteiger partial charge is 0.306 e. The molecule has 0 unspecified atom stereocenters. The molecule has 0 amide bonds. The molecule has 0 spiro atoms. The van der Waals surface area contributed by atoms with Gasteiger partial charge in [-0.05, 0) is 30.2 Å². The average Bonchev–Trinajstić information content (AvgIpc) is 3.71. The molecule has 4 atom stereocenters. The van der Waals surface area contributed by atoms with Crippen LogP contribution in [0.2, 0.25) is 0 Å². The molecule has 3 aromatic rings. The Balaban J connectivity index is 1.35. The molecule has 2 aromatic carbocycles. The number of ether oxygens (including phenoxy) is 5. The first-order valence-electron chi connectivity index (χ1n) is 15.1. The fourth-order valence-electron chi connectivity index (χ4n) is 5.15. The average molecular weight is 700 g/mol. The second-order valence-corrected chi connectivity index (χ2v) is 12.1. The van der Waals surface area contributed by atoms with Gasteiger partial charge in [0, 0.05) is 36.2 Å². The molecule has 6 N–H and O–H groups in total. The molecule has 264 valence electrons. The fraction of sp³-hybridized carbons (Fsp3) is 0.500. The quantitative estimate of drug-likeness (QED) is 0.0641. The SMILES string of the molecule is COc1cc2c(c(F)c1OCCCOc1c(C)cc3sc(C(=O)CCC(=O)OC[C@@H](O)[C@@H](O)[C@H](O)[C@H](O)CO)c(OC)c3c1F)CNC2. The largest absolute Gasteiger partial charge is 0.494 e. The van der Waals surface area contributed by atoms with E-state index in [9.17, 15) is 34.4 Å². The highest BCUT2D eigenvalue weighted by atomic mass is 32.1. The molecule has 0 aliphatic carbocycles. The summed E-state index contributed by atoms with van der Waals surface area (Å²) in [6.07, 6.45) is -7.76. The van der Waals surface area contributed by atoms with Crippen molar-refractivity contribution < 1.29 is 67.6 Å². The molecular formula is C32H39F2NO12S. The van der Waals surface area contributed by atoms with Crippen molar-refractivity contribution in [2.24, 2.45) is 0 Å². The monoisotopic (exact) mass is 699 g/mol. The first-order chi connectivity index (χ1) is 22.9. The summed E-state index contributed by atoms with van der Waals surface area (Å²) in [6, 6.07) is 3.38. The number of hydrogen-bond acceptors (Lipinski definition) is 14. The summed E-state index contributed by atoms with van der Waals surface area (Å²) in [5, 5.41) is 50.8. The number of aliphatic hydroxyl groups is 5. The number of aryl methyl sites for hydroxylation is 1. The van der Waals surface area contributed by atoms with Gasteiger partial charge in [-0.1, -0.05) is 0 Å². The number of thiophene rings is 1. The number of ketones is 1. The van der Waals surface area contributed by atoms with Gasteiger partial charge in [-0.15, -0.1) is 11.3 Å². The van der Waals surface area contributed by atoms with Gasteiger partial charge in [-0.3, -0.25) is 9.59 Å². The first kappa shape index (κ1) is 37.2. The molecule has 4 rings (SSSR count). The van der Waals surface area contributed by atoms with E-state index in [4.69, 9.17) is 28.8 Å². The third-order valence-electron chi connectivity index (χ3n) is 7.77. The van der Waals surface area contributed by atoms with E-state index in [1.54, 1.807) is 19.1 Å². The van der Waals surface area contributed by atoms with Gasteiger partial charge >= 0.3 is 5.97 Å². The number of nitrogens with one attached hydrogen (secondary N) is 1. The van der Waals surface area contributed by atoms with E-state index in [0.29, 0.717) is 28.9 Å². The number of esters is 1. The lowest BCUT2D eigenvalue weighted by molar-refractivity contribution is -0.156. The van der Waals surface area contributed by atoms with E-state index >= 15 is 4.39 Å². The Labute approximate surface area is 278 Å². The van der Waals surface area contributed by atoms with Crippen molar-refractivity contribution in [3.63, 3.8) is 0 Å². The van der Waals surface area contributed by atoms with Crippen LogP contribution in [0.5, 0.6) is 23.0 Å². The van der Waals surface area contributed by atoms with Gasteiger partial charge in [-0.25, -0.2) is 8.78 Å². The Morgan fingerprint density at radius 2 is 1.60 bits per heavy atom. The molecule has 48 heavy (non-hydrogen) atoms. The minimum absolute atomic E-state index is 0.00316. The maximum Gasteiger partial charge on any atom is 0.306 e. The number of fused-ring (bicyclic) bond motifs is 2. The minimum atomic E-state index is -1.91. The molecule has 1 aliphatic rings. The predicted octanol–water partition coefficient (Wildman–Crippen LogP) is 1.90. The zero-order valence-corrected chi connectivity index (χ0v) is 27.4. The van der Waals surface area contributed by atoms with Crippen molar-refractivity contribution in [3.8, 4) is 23.0 Å². The first-order valence-corrected chi connectivity index (χ1v) is 15.9. The van der Waals surface area contributed by atoms with Crippen molar-refractivity contribution >= 4 is 33.2 Å². The van der Waals surface area contributed by atoms with E-state index in [1.165, 1.54) is 14.2 Å². The molecule has 1 aliphatic heterocycles. The summed E-state index contributed by atoms with van der Waals surface area (Å²) in [6.45, 7) is 1.07. The van der Waals surface area contributed by atoms with E-state index in [2.05, 4.69) is 5.32 Å². The normalized spacial score (nSPS) is 15.0. The molecular weight excluding hydrogens is 660 g/mol. The molecule has 0 radical (unpaired) electrons. The molecule has 16 heteroatoms. The van der Waals surface area contributed by atoms with Crippen LogP contribution >= 0.6 is 11.3 Å². The van der Waals surface area contributed by atoms with Gasteiger partial charge < -0.3 is 54.5 Å². The summed E-state index contributed by atoms with van der Waals surface area (Å²) in [7, 11) is 2.71. The van der Waals surface area contributed by atoms with Gasteiger partial charge in [0.1, 0.15) is 35.9 Å². The Bertz CT molecular complexity index is 1620. The Morgan fingerprint density at radius 1 is 0.917 bits per heavy atom. The Kier molecular flexibility index (Phi) is 12.9. The zero-order valence-electron chi connectivity index (χ0n) is 26.6. The topological polar surface area (TPSA) is 193 Å². The van der Waals surface area contributed by atoms with Gasteiger partial charge in [-0.2, -0.15) is 0 Å². The molecule has 1 aromatic heterocycles. The summed E-state index contributed by atoms with van der Waals surface area (Å²) >= 11 is 0.979. The van der Waals surface area contributed by atoms with Gasteiger partial charge in [0.2, 0.25) is 0 Å². The minimum Gasteiger partial charge on any atom is -0.494 e. The lowest BCUT2D eigenvalue weighted by atomic mass is 10.0. The predicted molar refractivity (Wildman–Crippen MR) is 168 cm³/mol. The summed E-state index contributed by atoms with van der Waals surface area (Å²) in [4.78, 5) is 25.3. The van der Waals surface area contributed by atoms with Crippen molar-refractivity contribution in [2.75, 3.05) is 40.6 Å². The van der Waals surface area contributed by atoms with Crippen LogP contribution in [0.4, 0.5) is 8.78 Å². The van der Waals surface area contributed by atoms with Crippen LogP contribution in [-0.4, -0.2) is 102 Å². The van der Waals surface area contributed by atoms with Crippen LogP contribution in [0.3, 0.4) is 0 Å². The molecule has 0 bridgehead atoms. The maximum atomic E-state index is 15.8. The summed E-state index contributed by atoms with van der Waals surface area (Å²) in [5.74, 6) is -2.45. The van der Waals surface area contributed by atoms with Crippen LogP contribution < -0.4 is 24.3 Å². The van der Waals surface area contributed by atoms with Crippen LogP contribution in [-0.2, 0) is 22.6 Å². The third kappa shape index (κ3) is 8.14. The van der Waals surface area contributed by atoms with Crippen molar-refractivity contribution in [1.29, 1.82) is 0 Å². The van der Waals surface area contributed by atoms with Gasteiger partial charge in [0.25, 0.3) is 0 Å². The van der Waals surface area contributed by atoms with Crippen molar-refractivity contribution in [2.45, 2.75) is 63.7 Å². The number of carbonyl (C=O) groups is 2. The molecule has 0 saturated carbocycles. The molecule has 13 nitrogen and oxygen atoms in total. The highest BCUT2D eigenvalue weighted by Crippen LogP contribution is 2.44. The number of methoxy groups -OCH3 is 2. The number of hydrogen-bond donors (Lipinski definition) is 6. The van der Waals surface area contributed by atoms with Crippen molar-refractivity contribution in [1.82, 2.24) is 5.32 Å². The highest BCUT2D eigenvalue weighted by Gasteiger charge is 2.31. The number of aliphatic hydroxyl groups excluding tert-OH is 5. The van der Waals surface area contributed by atoms with E-state index in [1.807, 2.05) is 0 Å². The number of carbonyl (C=O) groups excluding carboxylic acids is 2.